The summed E-state index contributed by atoms with van der Waals surface area (Å²) in [7, 11) is 3.12. The van der Waals surface area contributed by atoms with Gasteiger partial charge in [-0.25, -0.2) is 4.98 Å². The summed E-state index contributed by atoms with van der Waals surface area (Å²) in [4.78, 5) is 20.3. The number of amides is 1. The lowest BCUT2D eigenvalue weighted by Gasteiger charge is -2.21. The highest BCUT2D eigenvalue weighted by molar-refractivity contribution is 7.22. The first-order chi connectivity index (χ1) is 16.4. The van der Waals surface area contributed by atoms with Crippen LogP contribution in [0.1, 0.15) is 28.7 Å². The SMILES string of the molecule is CCOc1cccc2sc(N(CCn3nc(C)cc3C)C(=O)c3cc(OC)cc(OC)c3)nc12. The number of para-hydroxylation sites is 1. The molecular weight excluding hydrogens is 452 g/mol. The van der Waals surface area contributed by atoms with Gasteiger partial charge in [-0.2, -0.15) is 5.10 Å². The van der Waals surface area contributed by atoms with Gasteiger partial charge in [0.05, 0.1) is 37.8 Å². The Kier molecular flexibility index (Phi) is 7.02. The monoisotopic (exact) mass is 480 g/mol. The van der Waals surface area contributed by atoms with Crippen molar-refractivity contribution in [3.63, 3.8) is 0 Å². The second-order valence-electron chi connectivity index (χ2n) is 7.74. The van der Waals surface area contributed by atoms with Crippen LogP contribution in [-0.2, 0) is 6.54 Å². The maximum atomic E-state index is 13.8. The third kappa shape index (κ3) is 4.84. The lowest BCUT2D eigenvalue weighted by molar-refractivity contribution is 0.0985. The summed E-state index contributed by atoms with van der Waals surface area (Å²) >= 11 is 1.45. The van der Waals surface area contributed by atoms with Crippen molar-refractivity contribution in [2.24, 2.45) is 0 Å². The molecule has 8 nitrogen and oxygen atoms in total. The number of thiazole rings is 1. The number of anilines is 1. The van der Waals surface area contributed by atoms with Crippen LogP contribution >= 0.6 is 11.3 Å². The summed E-state index contributed by atoms with van der Waals surface area (Å²) in [6.45, 7) is 7.36. The number of carbonyl (C=O) groups is 1. The molecule has 34 heavy (non-hydrogen) atoms. The summed E-state index contributed by atoms with van der Waals surface area (Å²) in [6, 6.07) is 13.0. The van der Waals surface area contributed by atoms with Crippen molar-refractivity contribution in [1.29, 1.82) is 0 Å². The van der Waals surface area contributed by atoms with Gasteiger partial charge in [0.25, 0.3) is 5.91 Å². The minimum atomic E-state index is -0.198. The third-order valence-electron chi connectivity index (χ3n) is 5.38. The molecule has 0 unspecified atom stereocenters. The number of benzene rings is 2. The van der Waals surface area contributed by atoms with Gasteiger partial charge in [0, 0.05) is 23.9 Å². The van der Waals surface area contributed by atoms with Crippen molar-refractivity contribution < 1.29 is 19.0 Å². The molecule has 0 bridgehead atoms. The second-order valence-corrected chi connectivity index (χ2v) is 8.75. The highest BCUT2D eigenvalue weighted by Crippen LogP contribution is 2.35. The van der Waals surface area contributed by atoms with Crippen LogP contribution in [0.5, 0.6) is 17.2 Å². The fourth-order valence-electron chi connectivity index (χ4n) is 3.77. The van der Waals surface area contributed by atoms with Gasteiger partial charge in [-0.15, -0.1) is 0 Å². The maximum Gasteiger partial charge on any atom is 0.260 e. The molecule has 4 rings (SSSR count). The summed E-state index contributed by atoms with van der Waals surface area (Å²) in [5.41, 5.74) is 3.18. The number of methoxy groups -OCH3 is 2. The molecule has 2 heterocycles. The molecule has 0 aliphatic heterocycles. The van der Waals surface area contributed by atoms with Gasteiger partial charge in [0.1, 0.15) is 22.8 Å². The minimum absolute atomic E-state index is 0.198. The molecule has 4 aromatic rings. The van der Waals surface area contributed by atoms with Gasteiger partial charge < -0.3 is 14.2 Å². The lowest BCUT2D eigenvalue weighted by Crippen LogP contribution is -2.34. The topological polar surface area (TPSA) is 78.7 Å². The van der Waals surface area contributed by atoms with E-state index in [2.05, 4.69) is 5.10 Å². The first-order valence-electron chi connectivity index (χ1n) is 11.0. The van der Waals surface area contributed by atoms with Gasteiger partial charge in [-0.05, 0) is 51.1 Å². The number of ether oxygens (including phenoxy) is 3. The first-order valence-corrected chi connectivity index (χ1v) is 11.8. The van der Waals surface area contributed by atoms with Crippen molar-refractivity contribution in [2.75, 3.05) is 32.3 Å². The number of carbonyl (C=O) groups excluding carboxylic acids is 1. The van der Waals surface area contributed by atoms with E-state index in [0.717, 1.165) is 21.6 Å². The van der Waals surface area contributed by atoms with Crippen molar-refractivity contribution in [3.8, 4) is 17.2 Å². The predicted octanol–water partition coefficient (Wildman–Crippen LogP) is 4.87. The van der Waals surface area contributed by atoms with E-state index in [-0.39, 0.29) is 5.91 Å². The zero-order valence-corrected chi connectivity index (χ0v) is 20.8. The van der Waals surface area contributed by atoms with Gasteiger partial charge in [0.15, 0.2) is 5.13 Å². The number of hydrogen-bond donors (Lipinski definition) is 0. The predicted molar refractivity (Wildman–Crippen MR) is 134 cm³/mol. The van der Waals surface area contributed by atoms with Crippen molar-refractivity contribution >= 4 is 32.6 Å². The molecular formula is C25H28N4O4S. The molecule has 0 atom stereocenters. The van der Waals surface area contributed by atoms with Gasteiger partial charge in [0.2, 0.25) is 0 Å². The number of aryl methyl sites for hydroxylation is 2. The molecule has 0 aliphatic rings. The number of rotatable bonds is 9. The van der Waals surface area contributed by atoms with Crippen molar-refractivity contribution in [3.05, 3.63) is 59.4 Å². The van der Waals surface area contributed by atoms with Crippen LogP contribution in [0.25, 0.3) is 10.2 Å². The van der Waals surface area contributed by atoms with Crippen LogP contribution in [0, 0.1) is 13.8 Å². The summed E-state index contributed by atoms with van der Waals surface area (Å²) < 4.78 is 19.4. The maximum absolute atomic E-state index is 13.8. The Morgan fingerprint density at radius 3 is 2.44 bits per heavy atom. The number of aromatic nitrogens is 3. The summed E-state index contributed by atoms with van der Waals surface area (Å²) in [5, 5.41) is 5.14. The molecule has 2 aromatic carbocycles. The molecule has 0 spiro atoms. The van der Waals surface area contributed by atoms with Crippen LogP contribution in [0.15, 0.2) is 42.5 Å². The van der Waals surface area contributed by atoms with Crippen molar-refractivity contribution in [2.45, 2.75) is 27.3 Å². The largest absolute Gasteiger partial charge is 0.497 e. The third-order valence-corrected chi connectivity index (χ3v) is 6.43. The standard InChI is InChI=1S/C25H28N4O4S/c1-6-33-21-8-7-9-22-23(21)26-25(34-22)28(10-11-29-17(3)12-16(2)27-29)24(30)18-13-19(31-4)15-20(14-18)32-5/h7-9,12-15H,6,10-11H2,1-5H3. The van der Waals surface area contributed by atoms with E-state index in [1.807, 2.05) is 49.7 Å². The van der Waals surface area contributed by atoms with Crippen LogP contribution < -0.4 is 19.1 Å². The number of nitrogens with zero attached hydrogens (tertiary/aromatic N) is 4. The Labute approximate surface area is 202 Å². The highest BCUT2D eigenvalue weighted by atomic mass is 32.1. The zero-order chi connectivity index (χ0) is 24.2. The molecule has 178 valence electrons. The Balaban J connectivity index is 1.75. The molecule has 0 N–H and O–H groups in total. The summed E-state index contributed by atoms with van der Waals surface area (Å²) in [5.74, 6) is 1.60. The van der Waals surface area contributed by atoms with Crippen LogP contribution in [0.4, 0.5) is 5.13 Å². The van der Waals surface area contributed by atoms with E-state index in [0.29, 0.717) is 47.6 Å². The first kappa shape index (κ1) is 23.6. The van der Waals surface area contributed by atoms with E-state index in [1.54, 1.807) is 37.3 Å². The molecule has 1 amide bonds. The quantitative estimate of drug-likeness (QED) is 0.340. The van der Waals surface area contributed by atoms with Gasteiger partial charge in [-0.3, -0.25) is 14.4 Å². The fraction of sp³-hybridized carbons (Fsp3) is 0.320. The van der Waals surface area contributed by atoms with Gasteiger partial charge >= 0.3 is 0 Å². The highest BCUT2D eigenvalue weighted by Gasteiger charge is 2.24. The van der Waals surface area contributed by atoms with Crippen LogP contribution in [0.3, 0.4) is 0 Å². The lowest BCUT2D eigenvalue weighted by atomic mass is 10.1. The van der Waals surface area contributed by atoms with Crippen LogP contribution in [-0.4, -0.2) is 48.0 Å². The number of hydrogen-bond acceptors (Lipinski definition) is 7. The Morgan fingerprint density at radius 1 is 1.09 bits per heavy atom. The normalized spacial score (nSPS) is 11.0. The molecule has 9 heteroatoms. The Bertz CT molecular complexity index is 1290. The molecule has 0 radical (unpaired) electrons. The average molecular weight is 481 g/mol. The van der Waals surface area contributed by atoms with E-state index >= 15 is 0 Å². The van der Waals surface area contributed by atoms with E-state index in [1.165, 1.54) is 11.3 Å². The zero-order valence-electron chi connectivity index (χ0n) is 20.0. The minimum Gasteiger partial charge on any atom is -0.497 e. The van der Waals surface area contributed by atoms with Crippen molar-refractivity contribution in [1.82, 2.24) is 14.8 Å². The second kappa shape index (κ2) is 10.1. The van der Waals surface area contributed by atoms with E-state index in [9.17, 15) is 4.79 Å². The molecule has 2 aromatic heterocycles. The smallest absolute Gasteiger partial charge is 0.260 e. The molecule has 0 fully saturated rings. The summed E-state index contributed by atoms with van der Waals surface area (Å²) in [6.07, 6.45) is 0. The van der Waals surface area contributed by atoms with Gasteiger partial charge in [-0.1, -0.05) is 17.4 Å². The van der Waals surface area contributed by atoms with Crippen LogP contribution in [0.2, 0.25) is 0 Å². The molecule has 0 saturated carbocycles. The Morgan fingerprint density at radius 2 is 1.82 bits per heavy atom. The molecule has 0 aliphatic carbocycles. The molecule has 0 saturated heterocycles. The fourth-order valence-corrected chi connectivity index (χ4v) is 4.77. The average Bonchev–Trinajstić information content (AvgIpc) is 3.41. The Hall–Kier alpha value is -3.59. The van der Waals surface area contributed by atoms with E-state index < -0.39 is 0 Å². The number of fused-ring (bicyclic) bond motifs is 1. The van der Waals surface area contributed by atoms with E-state index in [4.69, 9.17) is 19.2 Å².